The minimum atomic E-state index is -0.812. The van der Waals surface area contributed by atoms with Gasteiger partial charge in [0.1, 0.15) is 5.82 Å². The summed E-state index contributed by atoms with van der Waals surface area (Å²) >= 11 is 12.5. The molecule has 0 saturated heterocycles. The highest BCUT2D eigenvalue weighted by molar-refractivity contribution is 14.1. The number of carbonyl (C=O) groups excluding carboxylic acids is 1. The average molecular weight is 319 g/mol. The Kier molecular flexibility index (Phi) is 3.31. The fraction of sp³-hybridized carbons (Fsp3) is 0. The third kappa shape index (κ3) is 2.08. The number of rotatable bonds is 1. The van der Waals surface area contributed by atoms with E-state index in [9.17, 15) is 9.18 Å². The highest BCUT2D eigenvalue weighted by Crippen LogP contribution is 2.22. The summed E-state index contributed by atoms with van der Waals surface area (Å²) in [7, 11) is 0. The Morgan fingerprint density at radius 2 is 2.08 bits per heavy atom. The molecule has 0 radical (unpaired) electrons. The summed E-state index contributed by atoms with van der Waals surface area (Å²) in [6, 6.07) is 2.53. The molecule has 0 fully saturated rings. The molecule has 0 heterocycles. The molecule has 1 nitrogen and oxygen atoms in total. The third-order valence-electron chi connectivity index (χ3n) is 1.20. The zero-order chi connectivity index (χ0) is 9.30. The van der Waals surface area contributed by atoms with Crippen molar-refractivity contribution in [3.8, 4) is 0 Å². The van der Waals surface area contributed by atoms with Gasteiger partial charge in [0.05, 0.1) is 5.56 Å². The van der Waals surface area contributed by atoms with Crippen LogP contribution in [0.15, 0.2) is 12.1 Å². The number of halogens is 4. The minimum Gasteiger partial charge on any atom is -0.275 e. The summed E-state index contributed by atoms with van der Waals surface area (Å²) in [5.74, 6) is -0.688. The van der Waals surface area contributed by atoms with Crippen LogP contribution in [0.1, 0.15) is 10.4 Å². The molecule has 1 rings (SSSR count). The van der Waals surface area contributed by atoms with Crippen LogP contribution >= 0.6 is 45.8 Å². The molecule has 0 atom stereocenters. The van der Waals surface area contributed by atoms with Crippen molar-refractivity contribution in [1.82, 2.24) is 0 Å². The van der Waals surface area contributed by atoms with Crippen molar-refractivity contribution in [3.63, 3.8) is 0 Å². The Morgan fingerprint density at radius 3 is 2.50 bits per heavy atom. The van der Waals surface area contributed by atoms with Crippen LogP contribution in [0.2, 0.25) is 5.02 Å². The maximum Gasteiger partial charge on any atom is 0.256 e. The molecule has 64 valence electrons. The Morgan fingerprint density at radius 1 is 1.50 bits per heavy atom. The monoisotopic (exact) mass is 318 g/mol. The van der Waals surface area contributed by atoms with E-state index in [1.807, 2.05) is 0 Å². The normalized spacial score (nSPS) is 10.0. The first-order chi connectivity index (χ1) is 5.52. The maximum atomic E-state index is 13.0. The zero-order valence-corrected chi connectivity index (χ0v) is 9.24. The Labute approximate surface area is 92.0 Å². The molecule has 0 aliphatic rings. The topological polar surface area (TPSA) is 17.1 Å². The maximum absolute atomic E-state index is 13.0. The van der Waals surface area contributed by atoms with Crippen LogP contribution in [0, 0.1) is 9.39 Å². The smallest absolute Gasteiger partial charge is 0.256 e. The molecule has 0 amide bonds. The minimum absolute atomic E-state index is 0.123. The summed E-state index contributed by atoms with van der Waals surface area (Å²) in [6.45, 7) is 0. The Hall–Kier alpha value is 0.130. The average Bonchev–Trinajstić information content (AvgIpc) is 1.82. The van der Waals surface area contributed by atoms with Crippen LogP contribution in [-0.4, -0.2) is 5.24 Å². The van der Waals surface area contributed by atoms with E-state index in [0.717, 1.165) is 6.07 Å². The lowest BCUT2D eigenvalue weighted by molar-refractivity contribution is 0.107. The molecular weight excluding hydrogens is 317 g/mol. The standard InChI is InChI=1S/C7H2Cl2FIO/c8-3-1-4(10)6(7(9)12)5(11)2-3/h1-2H. The van der Waals surface area contributed by atoms with Gasteiger partial charge in [-0.2, -0.15) is 0 Å². The molecule has 0 spiro atoms. The first-order valence-corrected chi connectivity index (χ1v) is 4.70. The molecule has 0 aliphatic carbocycles. The first-order valence-electron chi connectivity index (χ1n) is 2.86. The van der Waals surface area contributed by atoms with Crippen LogP contribution in [0.3, 0.4) is 0 Å². The van der Waals surface area contributed by atoms with E-state index >= 15 is 0 Å². The molecule has 0 aromatic heterocycles. The molecule has 0 saturated carbocycles. The second kappa shape index (κ2) is 3.89. The lowest BCUT2D eigenvalue weighted by Crippen LogP contribution is -1.98. The van der Waals surface area contributed by atoms with Crippen molar-refractivity contribution in [3.05, 3.63) is 32.1 Å². The lowest BCUT2D eigenvalue weighted by atomic mass is 10.2. The van der Waals surface area contributed by atoms with E-state index in [0.29, 0.717) is 3.57 Å². The van der Waals surface area contributed by atoms with Gasteiger partial charge in [0.15, 0.2) is 0 Å². The lowest BCUT2D eigenvalue weighted by Gasteiger charge is -2.00. The van der Waals surface area contributed by atoms with Crippen molar-refractivity contribution in [2.24, 2.45) is 0 Å². The SMILES string of the molecule is O=C(Cl)c1c(F)cc(Cl)cc1I. The molecule has 0 aliphatic heterocycles. The van der Waals surface area contributed by atoms with E-state index in [4.69, 9.17) is 23.2 Å². The van der Waals surface area contributed by atoms with E-state index in [-0.39, 0.29) is 10.6 Å². The molecule has 0 bridgehead atoms. The Balaban J connectivity index is 3.38. The first kappa shape index (κ1) is 10.2. The number of carbonyl (C=O) groups is 1. The third-order valence-corrected chi connectivity index (χ3v) is 2.46. The molecule has 0 N–H and O–H groups in total. The van der Waals surface area contributed by atoms with E-state index < -0.39 is 11.1 Å². The fourth-order valence-electron chi connectivity index (χ4n) is 0.730. The van der Waals surface area contributed by atoms with Gasteiger partial charge in [-0.3, -0.25) is 4.79 Å². The second-order valence-corrected chi connectivity index (χ2v) is 3.96. The second-order valence-electron chi connectivity index (χ2n) is 2.02. The quantitative estimate of drug-likeness (QED) is 0.572. The van der Waals surface area contributed by atoms with E-state index in [2.05, 4.69) is 0 Å². The van der Waals surface area contributed by atoms with Gasteiger partial charge in [0.2, 0.25) is 0 Å². The summed E-state index contributed by atoms with van der Waals surface area (Å²) in [5.41, 5.74) is -0.123. The van der Waals surface area contributed by atoms with Crippen molar-refractivity contribution in [2.75, 3.05) is 0 Å². The van der Waals surface area contributed by atoms with Crippen LogP contribution in [0.25, 0.3) is 0 Å². The number of hydrogen-bond donors (Lipinski definition) is 0. The van der Waals surface area contributed by atoms with Crippen LogP contribution in [0.5, 0.6) is 0 Å². The van der Waals surface area contributed by atoms with Gasteiger partial charge in [-0.15, -0.1) is 0 Å². The van der Waals surface area contributed by atoms with Crippen molar-refractivity contribution < 1.29 is 9.18 Å². The largest absolute Gasteiger partial charge is 0.275 e. The van der Waals surface area contributed by atoms with Crippen molar-refractivity contribution in [2.45, 2.75) is 0 Å². The molecule has 5 heteroatoms. The van der Waals surface area contributed by atoms with Gasteiger partial charge in [-0.05, 0) is 46.3 Å². The van der Waals surface area contributed by atoms with Gasteiger partial charge in [0, 0.05) is 8.59 Å². The molecule has 1 aromatic carbocycles. The van der Waals surface area contributed by atoms with Crippen LogP contribution in [0.4, 0.5) is 4.39 Å². The van der Waals surface area contributed by atoms with Gasteiger partial charge in [-0.25, -0.2) is 4.39 Å². The summed E-state index contributed by atoms with van der Waals surface area (Å²) < 4.78 is 13.4. The Bertz CT molecular complexity index is 317. The summed E-state index contributed by atoms with van der Waals surface area (Å²) in [5, 5.41) is -0.563. The highest BCUT2D eigenvalue weighted by Gasteiger charge is 2.14. The molecule has 12 heavy (non-hydrogen) atoms. The van der Waals surface area contributed by atoms with Gasteiger partial charge >= 0.3 is 0 Å². The molecule has 0 unspecified atom stereocenters. The van der Waals surface area contributed by atoms with E-state index in [1.165, 1.54) is 6.07 Å². The predicted octanol–water partition coefficient (Wildman–Crippen LogP) is 3.46. The van der Waals surface area contributed by atoms with Crippen molar-refractivity contribution >= 4 is 51.0 Å². The molecular formula is C7H2Cl2FIO. The summed E-state index contributed by atoms with van der Waals surface area (Å²) in [6.07, 6.45) is 0. The van der Waals surface area contributed by atoms with Gasteiger partial charge in [0.25, 0.3) is 5.24 Å². The predicted molar refractivity (Wildman–Crippen MR) is 54.3 cm³/mol. The zero-order valence-electron chi connectivity index (χ0n) is 5.57. The van der Waals surface area contributed by atoms with Gasteiger partial charge < -0.3 is 0 Å². The van der Waals surface area contributed by atoms with E-state index in [1.54, 1.807) is 22.6 Å². The number of benzene rings is 1. The van der Waals surface area contributed by atoms with Crippen LogP contribution < -0.4 is 0 Å². The number of hydrogen-bond acceptors (Lipinski definition) is 1. The fourth-order valence-corrected chi connectivity index (χ4v) is 2.31. The molecule has 1 aromatic rings. The highest BCUT2D eigenvalue weighted by atomic mass is 127. The summed E-state index contributed by atoms with van der Waals surface area (Å²) in [4.78, 5) is 10.7. The van der Waals surface area contributed by atoms with Crippen molar-refractivity contribution in [1.29, 1.82) is 0 Å². The van der Waals surface area contributed by atoms with Gasteiger partial charge in [-0.1, -0.05) is 11.6 Å². The van der Waals surface area contributed by atoms with Crippen LogP contribution in [-0.2, 0) is 0 Å².